The molecular weight excluding hydrogens is 184 g/mol. The third kappa shape index (κ3) is 3.74. The van der Waals surface area contributed by atoms with Gasteiger partial charge in [-0.2, -0.15) is 0 Å². The Labute approximate surface area is 81.5 Å². The van der Waals surface area contributed by atoms with E-state index in [1.165, 1.54) is 19.6 Å². The molecule has 0 aromatic carbocycles. The average Bonchev–Trinajstić information content (AvgIpc) is 2.04. The number of rotatable bonds is 2. The lowest BCUT2D eigenvalue weighted by molar-refractivity contribution is -0.135. The molecule has 1 aliphatic heterocycles. The smallest absolute Gasteiger partial charge is 0.307 e. The summed E-state index contributed by atoms with van der Waals surface area (Å²) in [6.07, 6.45) is 6.73. The van der Waals surface area contributed by atoms with Gasteiger partial charge in [0.05, 0.1) is 11.5 Å². The van der Waals surface area contributed by atoms with Crippen LogP contribution in [0, 0.1) is 0 Å². The second kappa shape index (κ2) is 4.57. The fourth-order valence-corrected chi connectivity index (χ4v) is 2.05. The molecule has 0 N–H and O–H groups in total. The Kier molecular flexibility index (Phi) is 3.68. The molecule has 0 aliphatic carbocycles. The van der Waals surface area contributed by atoms with Gasteiger partial charge in [0, 0.05) is 23.8 Å². The quantitative estimate of drug-likeness (QED) is 0.366. The molecule has 1 saturated heterocycles. The van der Waals surface area contributed by atoms with Crippen LogP contribution in [0.1, 0.15) is 26.2 Å². The molecule has 0 aromatic rings. The van der Waals surface area contributed by atoms with Gasteiger partial charge in [-0.1, -0.05) is 0 Å². The number of ether oxygens (including phenoxy) is 2. The first-order chi connectivity index (χ1) is 6.12. The summed E-state index contributed by atoms with van der Waals surface area (Å²) >= 11 is 0. The molecule has 0 spiro atoms. The molecule has 4 heteroatoms. The molecule has 1 aliphatic rings. The first kappa shape index (κ1) is 10.5. The third-order valence-corrected chi connectivity index (χ3v) is 3.28. The Morgan fingerprint density at radius 2 is 2.38 bits per heavy atom. The maximum absolute atomic E-state index is 10.5. The Morgan fingerprint density at radius 1 is 1.62 bits per heavy atom. The summed E-state index contributed by atoms with van der Waals surface area (Å²) in [4.78, 5) is 10.5. The van der Waals surface area contributed by atoms with Crippen molar-refractivity contribution in [1.82, 2.24) is 0 Å². The summed E-state index contributed by atoms with van der Waals surface area (Å²) in [5.41, 5.74) is 0. The van der Waals surface area contributed by atoms with Gasteiger partial charge in [0.25, 0.3) is 0 Å². The van der Waals surface area contributed by atoms with Gasteiger partial charge < -0.3 is 9.47 Å². The van der Waals surface area contributed by atoms with E-state index in [4.69, 9.17) is 9.47 Å². The fourth-order valence-electron chi connectivity index (χ4n) is 1.36. The van der Waals surface area contributed by atoms with E-state index in [1.54, 1.807) is 0 Å². The van der Waals surface area contributed by atoms with Crippen molar-refractivity contribution in [3.8, 4) is 0 Å². The van der Waals surface area contributed by atoms with Gasteiger partial charge in [0.1, 0.15) is 0 Å². The van der Waals surface area contributed by atoms with Crippen molar-refractivity contribution < 1.29 is 14.3 Å². The summed E-state index contributed by atoms with van der Waals surface area (Å²) < 4.78 is 10.4. The Balaban J connectivity index is 2.40. The summed E-state index contributed by atoms with van der Waals surface area (Å²) in [7, 11) is 0.940. The van der Waals surface area contributed by atoms with E-state index in [2.05, 4.69) is 0 Å². The zero-order valence-corrected chi connectivity index (χ0v) is 10.2. The van der Waals surface area contributed by atoms with Crippen molar-refractivity contribution in [2.24, 2.45) is 0 Å². The summed E-state index contributed by atoms with van der Waals surface area (Å²) in [5.74, 6) is -0.280. The largest absolute Gasteiger partial charge is 0.435 e. The van der Waals surface area contributed by atoms with Crippen molar-refractivity contribution in [2.75, 3.05) is 6.61 Å². The van der Waals surface area contributed by atoms with Gasteiger partial charge in [-0.25, -0.2) is 0 Å². The maximum Gasteiger partial charge on any atom is 0.307 e. The molecule has 0 bridgehead atoms. The van der Waals surface area contributed by atoms with Crippen LogP contribution in [0.3, 0.4) is 0 Å². The Bertz CT molecular complexity index is 207. The normalized spacial score (nSPS) is 29.3. The first-order valence-corrected chi connectivity index (χ1v) is 5.61. The molecule has 0 saturated carbocycles. The molecule has 13 heavy (non-hydrogen) atoms. The molecule has 0 aromatic heterocycles. The van der Waals surface area contributed by atoms with E-state index in [1.807, 2.05) is 6.08 Å². The van der Waals surface area contributed by atoms with Gasteiger partial charge in [-0.05, 0) is 25.3 Å². The molecule has 0 radical (unpaired) electrons. The average molecular weight is 200 g/mol. The highest BCUT2D eigenvalue weighted by atomic mass is 28.1. The number of hydrogen-bond donors (Lipinski definition) is 0. The van der Waals surface area contributed by atoms with Gasteiger partial charge >= 0.3 is 5.97 Å². The van der Waals surface area contributed by atoms with Crippen molar-refractivity contribution >= 4 is 16.2 Å². The molecular formula is C9H16O3Si. The highest BCUT2D eigenvalue weighted by Gasteiger charge is 2.24. The zero-order chi connectivity index (χ0) is 9.73. The van der Waals surface area contributed by atoms with Crippen molar-refractivity contribution in [2.45, 2.75) is 31.4 Å². The van der Waals surface area contributed by atoms with E-state index in [9.17, 15) is 4.79 Å². The lowest BCUT2D eigenvalue weighted by Gasteiger charge is -2.30. The van der Waals surface area contributed by atoms with E-state index in [-0.39, 0.29) is 11.2 Å². The van der Waals surface area contributed by atoms with Gasteiger partial charge in [0.2, 0.25) is 0 Å². The van der Waals surface area contributed by atoms with Crippen LogP contribution in [-0.4, -0.2) is 28.0 Å². The second-order valence-corrected chi connectivity index (χ2v) is 5.22. The Hall–Kier alpha value is -0.613. The van der Waals surface area contributed by atoms with Crippen LogP contribution in [0.25, 0.3) is 0 Å². The lowest BCUT2D eigenvalue weighted by Crippen LogP contribution is -2.34. The highest BCUT2D eigenvalue weighted by molar-refractivity contribution is 6.16. The number of carbonyl (C=O) groups excluding carboxylic acids is 1. The maximum atomic E-state index is 10.5. The van der Waals surface area contributed by atoms with E-state index >= 15 is 0 Å². The molecule has 0 amide bonds. The van der Waals surface area contributed by atoms with Gasteiger partial charge in [-0.15, -0.1) is 0 Å². The first-order valence-electron chi connectivity index (χ1n) is 4.61. The standard InChI is InChI=1S/C9H16O3Si/c1-8(10)11-7-5-9(13)4-2-3-6-12-9/h5,7H,2-4,6H2,1,13H3. The number of carbonyl (C=O) groups is 1. The van der Waals surface area contributed by atoms with Crippen LogP contribution in [0.5, 0.6) is 0 Å². The SMILES string of the molecule is CC(=O)OC=CC1([SiH3])CCCCO1. The highest BCUT2D eigenvalue weighted by Crippen LogP contribution is 2.22. The zero-order valence-electron chi connectivity index (χ0n) is 8.21. The van der Waals surface area contributed by atoms with E-state index in [0.717, 1.165) is 29.7 Å². The minimum Gasteiger partial charge on any atom is -0.435 e. The van der Waals surface area contributed by atoms with Crippen LogP contribution in [-0.2, 0) is 14.3 Å². The summed E-state index contributed by atoms with van der Waals surface area (Å²) in [6.45, 7) is 2.22. The number of esters is 1. The molecule has 74 valence electrons. The van der Waals surface area contributed by atoms with Crippen molar-refractivity contribution in [1.29, 1.82) is 0 Å². The number of hydrogen-bond acceptors (Lipinski definition) is 3. The molecule has 1 atom stereocenters. The minimum absolute atomic E-state index is 0.103. The van der Waals surface area contributed by atoms with E-state index < -0.39 is 0 Å². The third-order valence-electron chi connectivity index (χ3n) is 2.15. The van der Waals surface area contributed by atoms with Crippen LogP contribution in [0.2, 0.25) is 0 Å². The second-order valence-electron chi connectivity index (χ2n) is 3.53. The molecule has 1 unspecified atom stereocenters. The van der Waals surface area contributed by atoms with Crippen molar-refractivity contribution in [3.63, 3.8) is 0 Å². The van der Waals surface area contributed by atoms with Crippen molar-refractivity contribution in [3.05, 3.63) is 12.3 Å². The lowest BCUT2D eigenvalue weighted by atomic mass is 10.1. The Morgan fingerprint density at radius 3 is 2.92 bits per heavy atom. The fraction of sp³-hybridized carbons (Fsp3) is 0.667. The predicted octanol–water partition coefficient (Wildman–Crippen LogP) is 0.325. The van der Waals surface area contributed by atoms with Gasteiger partial charge in [-0.3, -0.25) is 4.79 Å². The van der Waals surface area contributed by atoms with Crippen LogP contribution < -0.4 is 0 Å². The van der Waals surface area contributed by atoms with Crippen LogP contribution in [0.15, 0.2) is 12.3 Å². The summed E-state index contributed by atoms with van der Waals surface area (Å²) in [5, 5.41) is -0.103. The van der Waals surface area contributed by atoms with E-state index in [0.29, 0.717) is 0 Å². The monoisotopic (exact) mass is 200 g/mol. The molecule has 1 fully saturated rings. The summed E-state index contributed by atoms with van der Waals surface area (Å²) in [6, 6.07) is 0. The predicted molar refractivity (Wildman–Crippen MR) is 53.4 cm³/mol. The van der Waals surface area contributed by atoms with Crippen LogP contribution in [0.4, 0.5) is 0 Å². The molecule has 1 heterocycles. The van der Waals surface area contributed by atoms with Crippen LogP contribution >= 0.6 is 0 Å². The van der Waals surface area contributed by atoms with Gasteiger partial charge in [0.15, 0.2) is 0 Å². The minimum atomic E-state index is -0.280. The topological polar surface area (TPSA) is 35.5 Å². The molecule has 1 rings (SSSR count). The molecule has 3 nitrogen and oxygen atoms in total.